The minimum absolute atomic E-state index is 0.0688. The summed E-state index contributed by atoms with van der Waals surface area (Å²) in [6.45, 7) is 11.9. The van der Waals surface area contributed by atoms with Crippen molar-refractivity contribution < 1.29 is 18.4 Å². The molecule has 2 atom stereocenters. The minimum Gasteiger partial charge on any atom is -0.364 e. The van der Waals surface area contributed by atoms with Gasteiger partial charge >= 0.3 is 5.69 Å². The molecule has 0 N–H and O–H groups in total. The minimum atomic E-state index is -0.842. The van der Waals surface area contributed by atoms with E-state index in [9.17, 15) is 14.4 Å². The molecule has 0 aliphatic carbocycles. The smallest absolute Gasteiger partial charge is 0.355 e. The summed E-state index contributed by atoms with van der Waals surface area (Å²) >= 11 is 0. The third-order valence-corrected chi connectivity index (χ3v) is 9.16. The Morgan fingerprint density at radius 3 is 2.38 bits per heavy atom. The molecule has 0 unspecified atom stereocenters. The number of benzene rings is 2. The molecule has 4 heterocycles. The maximum absolute atomic E-state index is 16.4. The summed E-state index contributed by atoms with van der Waals surface area (Å²) in [4.78, 5) is 56.5. The number of nitrogens with zero attached hydrogens (tertiary/aromatic N) is 7. The molecular weight excluding hydrogens is 604 g/mol. The number of fused-ring (bicyclic) bond motifs is 5. The highest BCUT2D eigenvalue weighted by molar-refractivity contribution is 6.01. The second kappa shape index (κ2) is 11.9. The fourth-order valence-corrected chi connectivity index (χ4v) is 6.67. The van der Waals surface area contributed by atoms with Crippen molar-refractivity contribution in [1.82, 2.24) is 19.4 Å². The largest absolute Gasteiger partial charge is 0.364 e. The predicted molar refractivity (Wildman–Crippen MR) is 179 cm³/mol. The molecule has 1 fully saturated rings. The van der Waals surface area contributed by atoms with Gasteiger partial charge in [0.1, 0.15) is 17.3 Å². The van der Waals surface area contributed by atoms with Gasteiger partial charge in [-0.05, 0) is 55.7 Å². The molecule has 4 aromatic rings. The predicted octanol–water partition coefficient (Wildman–Crippen LogP) is 4.87. The van der Waals surface area contributed by atoms with Crippen molar-refractivity contribution in [3.05, 3.63) is 82.8 Å². The van der Waals surface area contributed by atoms with E-state index in [2.05, 4.69) is 11.6 Å². The van der Waals surface area contributed by atoms with Gasteiger partial charge in [0, 0.05) is 39.3 Å². The highest BCUT2D eigenvalue weighted by Crippen LogP contribution is 2.39. The van der Waals surface area contributed by atoms with Crippen LogP contribution in [0.4, 0.5) is 26.0 Å². The van der Waals surface area contributed by atoms with Crippen molar-refractivity contribution >= 4 is 40.0 Å². The number of aromatic nitrogens is 3. The van der Waals surface area contributed by atoms with E-state index in [1.54, 1.807) is 16.8 Å². The van der Waals surface area contributed by atoms with E-state index in [0.717, 1.165) is 5.56 Å². The number of hydrogen-bond donors (Lipinski definition) is 0. The highest BCUT2D eigenvalue weighted by atomic mass is 19.1. The van der Waals surface area contributed by atoms with Crippen LogP contribution in [0.15, 0.2) is 59.9 Å². The molecule has 0 saturated carbocycles. The first-order valence-electron chi connectivity index (χ1n) is 15.6. The van der Waals surface area contributed by atoms with E-state index in [0.29, 0.717) is 24.5 Å². The van der Waals surface area contributed by atoms with Gasteiger partial charge in [0.05, 0.1) is 34.6 Å². The Kier molecular flexibility index (Phi) is 8.06. The first kappa shape index (κ1) is 31.8. The number of anilines is 3. The molecule has 244 valence electrons. The SMILES string of the molecule is C=CC(=O)N1C[C@H](C)N(c2nc(=O)n3c4nc(c(F)cc24)-c2c(F)cccc2N(C)C(=O)CN(C)c2cccc(C(C)C)c2-3)C[C@H]1C. The van der Waals surface area contributed by atoms with Crippen molar-refractivity contribution in [1.29, 1.82) is 0 Å². The van der Waals surface area contributed by atoms with Crippen LogP contribution in [-0.2, 0) is 9.59 Å². The molecule has 1 saturated heterocycles. The zero-order valence-electron chi connectivity index (χ0n) is 27.3. The summed E-state index contributed by atoms with van der Waals surface area (Å²) in [5.74, 6) is -2.04. The lowest BCUT2D eigenvalue weighted by Crippen LogP contribution is -2.58. The van der Waals surface area contributed by atoms with E-state index in [1.807, 2.05) is 50.8 Å². The summed E-state index contributed by atoms with van der Waals surface area (Å²) in [5, 5.41) is 0.250. The number of amides is 2. The van der Waals surface area contributed by atoms with Gasteiger partial charge in [-0.15, -0.1) is 0 Å². The van der Waals surface area contributed by atoms with Crippen LogP contribution in [0.3, 0.4) is 0 Å². The van der Waals surface area contributed by atoms with Gasteiger partial charge in [-0.1, -0.05) is 38.6 Å². The first-order chi connectivity index (χ1) is 22.3. The Bertz CT molecular complexity index is 2010. The van der Waals surface area contributed by atoms with Gasteiger partial charge < -0.3 is 19.6 Å². The van der Waals surface area contributed by atoms with Crippen LogP contribution >= 0.6 is 0 Å². The third-order valence-electron chi connectivity index (χ3n) is 9.16. The van der Waals surface area contributed by atoms with Crippen molar-refractivity contribution in [2.24, 2.45) is 0 Å². The molecule has 2 bridgehead atoms. The third kappa shape index (κ3) is 5.21. The van der Waals surface area contributed by atoms with Crippen molar-refractivity contribution in [3.63, 3.8) is 0 Å². The lowest BCUT2D eigenvalue weighted by molar-refractivity contribution is -0.128. The number of para-hydroxylation sites is 1. The molecule has 6 rings (SSSR count). The second-order valence-corrected chi connectivity index (χ2v) is 12.6. The molecule has 47 heavy (non-hydrogen) atoms. The lowest BCUT2D eigenvalue weighted by Gasteiger charge is -2.44. The van der Waals surface area contributed by atoms with Gasteiger partial charge in [0.25, 0.3) is 0 Å². The molecule has 0 radical (unpaired) electrons. The zero-order valence-corrected chi connectivity index (χ0v) is 27.3. The van der Waals surface area contributed by atoms with E-state index in [-0.39, 0.29) is 70.2 Å². The van der Waals surface area contributed by atoms with Crippen LogP contribution in [0.5, 0.6) is 0 Å². The molecule has 2 amide bonds. The number of carbonyl (C=O) groups is 2. The zero-order chi connectivity index (χ0) is 33.9. The highest BCUT2D eigenvalue weighted by Gasteiger charge is 2.35. The molecule has 2 aliphatic rings. The van der Waals surface area contributed by atoms with E-state index in [1.165, 1.54) is 46.9 Å². The number of piperazine rings is 1. The van der Waals surface area contributed by atoms with Crippen LogP contribution in [-0.4, -0.2) is 77.1 Å². The molecule has 10 nitrogen and oxygen atoms in total. The van der Waals surface area contributed by atoms with Gasteiger partial charge in [-0.25, -0.2) is 23.1 Å². The Labute approximate surface area is 271 Å². The maximum atomic E-state index is 16.4. The lowest BCUT2D eigenvalue weighted by atomic mass is 9.98. The van der Waals surface area contributed by atoms with Gasteiger partial charge in [0.15, 0.2) is 11.5 Å². The molecule has 2 aromatic heterocycles. The fourth-order valence-electron chi connectivity index (χ4n) is 6.67. The monoisotopic (exact) mass is 641 g/mol. The summed E-state index contributed by atoms with van der Waals surface area (Å²) in [7, 11) is 3.26. The maximum Gasteiger partial charge on any atom is 0.355 e. The van der Waals surface area contributed by atoms with Crippen LogP contribution in [0.2, 0.25) is 0 Å². The molecule has 12 heteroatoms. The number of rotatable bonds is 3. The number of likely N-dealkylation sites (N-methyl/N-ethyl adjacent to an activating group) is 2. The average Bonchev–Trinajstić information content (AvgIpc) is 3.03. The van der Waals surface area contributed by atoms with Gasteiger partial charge in [0.2, 0.25) is 11.8 Å². The molecular formula is C35H37F2N7O3. The Balaban J connectivity index is 1.74. The van der Waals surface area contributed by atoms with E-state index >= 15 is 8.78 Å². The normalized spacial score (nSPS) is 18.3. The topological polar surface area (TPSA) is 94.9 Å². The van der Waals surface area contributed by atoms with Gasteiger partial charge in [-0.3, -0.25) is 9.59 Å². The number of carbonyl (C=O) groups excluding carboxylic acids is 2. The quantitative estimate of drug-likeness (QED) is 0.295. The summed E-state index contributed by atoms with van der Waals surface area (Å²) in [6.07, 6.45) is 1.27. The summed E-state index contributed by atoms with van der Waals surface area (Å²) in [6, 6.07) is 10.4. The van der Waals surface area contributed by atoms with Crippen molar-refractivity contribution in [2.45, 2.75) is 45.7 Å². The summed E-state index contributed by atoms with van der Waals surface area (Å²) in [5.41, 5.74) is 0.836. The first-order valence-corrected chi connectivity index (χ1v) is 15.6. The number of halogens is 2. The average molecular weight is 642 g/mol. The fraction of sp³-hybridized carbons (Fsp3) is 0.343. The van der Waals surface area contributed by atoms with Gasteiger partial charge in [-0.2, -0.15) is 4.98 Å². The van der Waals surface area contributed by atoms with Crippen LogP contribution in [0, 0.1) is 11.6 Å². The van der Waals surface area contributed by atoms with Crippen LogP contribution < -0.4 is 20.4 Å². The Hall–Kier alpha value is -5.13. The van der Waals surface area contributed by atoms with Crippen molar-refractivity contribution in [3.8, 4) is 16.9 Å². The van der Waals surface area contributed by atoms with Crippen LogP contribution in [0.1, 0.15) is 39.2 Å². The van der Waals surface area contributed by atoms with Crippen LogP contribution in [0.25, 0.3) is 28.0 Å². The van der Waals surface area contributed by atoms with E-state index in [4.69, 9.17) is 4.98 Å². The van der Waals surface area contributed by atoms with E-state index < -0.39 is 17.3 Å². The Morgan fingerprint density at radius 1 is 0.979 bits per heavy atom. The summed E-state index contributed by atoms with van der Waals surface area (Å²) < 4.78 is 33.5. The number of pyridine rings is 1. The molecule has 0 spiro atoms. The number of hydrogen-bond acceptors (Lipinski definition) is 7. The standard InChI is InChI=1S/C35H37F2N7O3/c1-8-28(45)42-16-21(5)43(17-20(42)4)33-23-15-25(37)31-30-24(36)12-10-13-26(30)41(7)29(46)18-40(6)27-14-9-11-22(19(2)3)32(27)44(34(23)38-31)35(47)39-33/h8-15,19-21H,1,16-18H2,2-7H3/t20-,21+/m1/s1. The van der Waals surface area contributed by atoms with Crippen molar-refractivity contribution in [2.75, 3.05) is 48.4 Å². The molecule has 2 aliphatic heterocycles. The molecule has 2 aromatic carbocycles. The second-order valence-electron chi connectivity index (χ2n) is 12.6. The Morgan fingerprint density at radius 2 is 1.68 bits per heavy atom.